The van der Waals surface area contributed by atoms with Gasteiger partial charge in [-0.05, 0) is 43.3 Å². The van der Waals surface area contributed by atoms with E-state index >= 15 is 0 Å². The number of rotatable bonds is 5. The van der Waals surface area contributed by atoms with Crippen LogP contribution < -0.4 is 4.74 Å². The summed E-state index contributed by atoms with van der Waals surface area (Å²) in [6.45, 7) is 1.43. The van der Waals surface area contributed by atoms with Gasteiger partial charge in [-0.25, -0.2) is 0 Å². The minimum atomic E-state index is -2.86. The van der Waals surface area contributed by atoms with E-state index < -0.39 is 42.5 Å². The number of benzene rings is 1. The van der Waals surface area contributed by atoms with E-state index in [-0.39, 0.29) is 57.0 Å². The maximum atomic E-state index is 13.2. The third kappa shape index (κ3) is 3.07. The second kappa shape index (κ2) is 6.86. The van der Waals surface area contributed by atoms with Crippen molar-refractivity contribution >= 4 is 22.2 Å². The smallest absolute Gasteiger partial charge is 0.322 e. The van der Waals surface area contributed by atoms with Gasteiger partial charge in [0.15, 0.2) is 7.16 Å². The van der Waals surface area contributed by atoms with E-state index in [2.05, 4.69) is 9.97 Å². The van der Waals surface area contributed by atoms with E-state index in [4.69, 9.17) is 18.5 Å². The third-order valence-electron chi connectivity index (χ3n) is 3.75. The molecule has 1 N–H and O–H groups in total. The van der Waals surface area contributed by atoms with Crippen LogP contribution in [0.2, 0.25) is 1.41 Å². The van der Waals surface area contributed by atoms with Crippen molar-refractivity contribution < 1.29 is 23.0 Å². The van der Waals surface area contributed by atoms with E-state index in [1.165, 1.54) is 25.1 Å². The molecule has 4 aromatic rings. The monoisotopic (exact) mass is 376 g/mol. The van der Waals surface area contributed by atoms with Crippen molar-refractivity contribution in [1.29, 1.82) is 0 Å². The van der Waals surface area contributed by atoms with Crippen molar-refractivity contribution in [3.05, 3.63) is 66.1 Å². The van der Waals surface area contributed by atoms with Crippen LogP contribution in [0.5, 0.6) is 5.75 Å². The molecule has 1 unspecified atom stereocenters. The van der Waals surface area contributed by atoms with Gasteiger partial charge < -0.3 is 13.9 Å². The Morgan fingerprint density at radius 2 is 2.27 bits per heavy atom. The van der Waals surface area contributed by atoms with Crippen molar-refractivity contribution in [1.82, 2.24) is 19.5 Å². The molecular weight excluding hydrogens is 348 g/mol. The molecule has 1 aromatic carbocycles. The highest BCUT2D eigenvalue weighted by molar-refractivity contribution is 7.90. The first kappa shape index (κ1) is 8.75. The number of pyridine rings is 1. The maximum Gasteiger partial charge on any atom is 0.322 e. The van der Waals surface area contributed by atoms with Crippen LogP contribution >= 0.6 is 0 Å². The average molecular weight is 377 g/mol. The van der Waals surface area contributed by atoms with Crippen LogP contribution in [0.1, 0.15) is 23.6 Å². The second-order valence-electron chi connectivity index (χ2n) is 5.33. The van der Waals surface area contributed by atoms with E-state index in [0.29, 0.717) is 0 Å². The van der Waals surface area contributed by atoms with E-state index in [1.54, 1.807) is 0 Å². The molecule has 0 saturated heterocycles. The number of H-pyrrole nitrogens is 1. The van der Waals surface area contributed by atoms with Crippen molar-refractivity contribution in [3.8, 4) is 11.4 Å². The zero-order valence-corrected chi connectivity index (χ0v) is 14.3. The first-order chi connectivity index (χ1) is 16.7. The molecule has 4 rings (SSSR count). The van der Waals surface area contributed by atoms with Gasteiger partial charge in [0, 0.05) is 40.9 Å². The van der Waals surface area contributed by atoms with Gasteiger partial charge >= 0.3 is 5.16 Å². The Morgan fingerprint density at radius 1 is 1.42 bits per heavy atom. The molecule has 0 saturated carbocycles. The average Bonchev–Trinajstić information content (AvgIpc) is 3.23. The number of methoxy groups -OCH3 is 1. The molecule has 3 heterocycles. The summed E-state index contributed by atoms with van der Waals surface area (Å²) in [6, 6.07) is 3.09. The highest BCUT2D eigenvalue weighted by Crippen LogP contribution is 2.24. The molecule has 132 valence electrons. The number of imidazole rings is 1. The normalized spacial score (nSPS) is 18.4. The fourth-order valence-corrected chi connectivity index (χ4v) is 3.44. The number of hydrogen-bond acceptors (Lipinski definition) is 4. The number of hydrogen-bond donors (Lipinski definition) is 1. The minimum Gasteiger partial charge on any atom is -0.609 e. The molecule has 0 bridgehead atoms. The van der Waals surface area contributed by atoms with Crippen LogP contribution in [0.25, 0.3) is 16.7 Å². The van der Waals surface area contributed by atoms with Gasteiger partial charge in [0.25, 0.3) is 0 Å². The van der Waals surface area contributed by atoms with Crippen LogP contribution in [0.3, 0.4) is 0 Å². The quantitative estimate of drug-likeness (QED) is 0.542. The molecule has 1 atom stereocenters. The van der Waals surface area contributed by atoms with Gasteiger partial charge in [0.2, 0.25) is 0 Å². The van der Waals surface area contributed by atoms with Gasteiger partial charge in [0.05, 0.1) is 36.1 Å². The van der Waals surface area contributed by atoms with E-state index in [0.717, 1.165) is 9.54 Å². The third-order valence-corrected chi connectivity index (χ3v) is 4.88. The number of aromatic nitrogens is 4. The lowest BCUT2D eigenvalue weighted by Gasteiger charge is -2.10. The molecule has 7 heteroatoms. The van der Waals surface area contributed by atoms with Crippen molar-refractivity contribution in [2.45, 2.75) is 17.8 Å². The molecule has 3 aromatic heterocycles. The van der Waals surface area contributed by atoms with Gasteiger partial charge in [-0.2, -0.15) is 4.98 Å². The van der Waals surface area contributed by atoms with Crippen LogP contribution in [0.4, 0.5) is 0 Å². The fraction of sp³-hybridized carbons (Fsp3) is 0.158. The van der Waals surface area contributed by atoms with Crippen LogP contribution in [0.15, 0.2) is 60.0 Å². The Bertz CT molecular complexity index is 1480. The lowest BCUT2D eigenvalue weighted by molar-refractivity contribution is 0.410. The van der Waals surface area contributed by atoms with Crippen LogP contribution in [0, 0.1) is 6.92 Å². The zero-order chi connectivity index (χ0) is 26.7. The summed E-state index contributed by atoms with van der Waals surface area (Å²) < 4.78 is 96.6. The molecule has 0 aliphatic heterocycles. The summed E-state index contributed by atoms with van der Waals surface area (Å²) in [7, 11) is -2.86. The Balaban J connectivity index is 1.72. The highest BCUT2D eigenvalue weighted by atomic mass is 32.2. The topological polar surface area (TPSA) is 78.8 Å². The molecule has 0 fully saturated rings. The number of aromatic amines is 1. The summed E-state index contributed by atoms with van der Waals surface area (Å²) in [5, 5.41) is -0.171. The van der Waals surface area contributed by atoms with Gasteiger partial charge in [-0.1, -0.05) is 0 Å². The summed E-state index contributed by atoms with van der Waals surface area (Å²) in [4.78, 5) is 9.03. The Labute approximate surface area is 168 Å². The lowest BCUT2D eigenvalue weighted by atomic mass is 10.2. The lowest BCUT2D eigenvalue weighted by Crippen LogP contribution is -2.10. The number of nitrogens with zero attached hydrogens (tertiary/aromatic N) is 3. The van der Waals surface area contributed by atoms with E-state index in [9.17, 15) is 4.55 Å². The minimum absolute atomic E-state index is 0.0531. The van der Waals surface area contributed by atoms with Crippen molar-refractivity contribution in [2.24, 2.45) is 0 Å². The predicted octanol–water partition coefficient (Wildman–Crippen LogP) is 3.37. The Kier molecular flexibility index (Phi) is 2.31. The zero-order valence-electron chi connectivity index (χ0n) is 23.5. The molecule has 0 amide bonds. The van der Waals surface area contributed by atoms with Crippen molar-refractivity contribution in [2.75, 3.05) is 7.04 Å². The molecule has 6 nitrogen and oxygen atoms in total. The van der Waals surface area contributed by atoms with Crippen LogP contribution in [-0.4, -0.2) is 31.1 Å². The fourth-order valence-electron chi connectivity index (χ4n) is 2.38. The number of nitrogens with one attached hydrogen (secondary N) is 1. The molecule has 26 heavy (non-hydrogen) atoms. The SMILES string of the molecule is [2H]c1nc(C[S+]([O-])c2nc3cc(-n4c([2H])c([2H])c([2H])c4[2H])ccc3n2[2H])c(C)c(OC([2H])([2H])[2H])c1[2H]. The first-order valence-electron chi connectivity index (χ1n) is 12.4. The standard InChI is InChI=1S/C19H18N4O2S/c1-13-17(20-8-7-18(13)25-2)12-26(24)19-21-15-6-5-14(11-16(15)22-19)23-9-3-4-10-23/h3-11H,12H2,1-2H3,(H,21,22)/i2D3,3D,4D,7D,8D,9D,10D/hD. The molecular formula is C19H18N4O2S. The number of ether oxygens (including phenoxy) is 1. The summed E-state index contributed by atoms with van der Waals surface area (Å²) in [6.07, 6.45) is -1.25. The van der Waals surface area contributed by atoms with Crippen LogP contribution in [-0.2, 0) is 16.9 Å². The summed E-state index contributed by atoms with van der Waals surface area (Å²) in [5.74, 6) is -0.696. The first-order valence-corrected chi connectivity index (χ1v) is 8.74. The van der Waals surface area contributed by atoms with Gasteiger partial charge in [-0.15, -0.1) is 0 Å². The Morgan fingerprint density at radius 3 is 3.08 bits per heavy atom. The summed E-state index contributed by atoms with van der Waals surface area (Å²) >= 11 is -1.97. The molecule has 0 radical (unpaired) electrons. The van der Waals surface area contributed by atoms with Gasteiger partial charge in [0.1, 0.15) is 5.75 Å². The largest absolute Gasteiger partial charge is 0.609 e. The molecule has 0 aliphatic rings. The number of fused-ring (bicyclic) bond motifs is 1. The molecule has 0 spiro atoms. The van der Waals surface area contributed by atoms with Crippen molar-refractivity contribution in [3.63, 3.8) is 0 Å². The predicted molar refractivity (Wildman–Crippen MR) is 101 cm³/mol. The maximum absolute atomic E-state index is 13.2. The Hall–Kier alpha value is -2.77. The highest BCUT2D eigenvalue weighted by Gasteiger charge is 2.20. The van der Waals surface area contributed by atoms with Gasteiger partial charge in [-0.3, -0.25) is 9.96 Å². The molecule has 0 aliphatic carbocycles. The van der Waals surface area contributed by atoms with E-state index in [1.807, 2.05) is 0 Å². The second-order valence-corrected chi connectivity index (χ2v) is 6.67. The summed E-state index contributed by atoms with van der Waals surface area (Å²) in [5.41, 5.74) is 0.941.